The van der Waals surface area contributed by atoms with Crippen LogP contribution in [0.2, 0.25) is 0 Å². The van der Waals surface area contributed by atoms with Crippen LogP contribution in [0.4, 0.5) is 0 Å². The molecule has 1 fully saturated rings. The molecule has 1 aliphatic rings. The van der Waals surface area contributed by atoms with Crippen LogP contribution in [-0.4, -0.2) is 90.6 Å². The summed E-state index contributed by atoms with van der Waals surface area (Å²) < 4.78 is 54.2. The molecule has 20 heteroatoms. The van der Waals surface area contributed by atoms with Crippen LogP contribution in [0.5, 0.6) is 0 Å². The molecule has 1 saturated heterocycles. The number of H-pyrrole nitrogens is 1. The van der Waals surface area contributed by atoms with Gasteiger partial charge in [0, 0.05) is 12.8 Å². The van der Waals surface area contributed by atoms with E-state index in [4.69, 9.17) is 22.8 Å². The Labute approximate surface area is 278 Å². The summed E-state index contributed by atoms with van der Waals surface area (Å²) in [7, 11) is -10.0. The predicted octanol–water partition coefficient (Wildman–Crippen LogP) is 2.80. The molecular weight excluding hydrogens is 676 g/mol. The van der Waals surface area contributed by atoms with Gasteiger partial charge < -0.3 is 29.6 Å². The lowest BCUT2D eigenvalue weighted by Gasteiger charge is -2.25. The molecular formula is C28H47N5O13P2. The number of fused-ring (bicyclic) bond motifs is 1. The second-order valence-corrected chi connectivity index (χ2v) is 15.0. The molecule has 7 atom stereocenters. The summed E-state index contributed by atoms with van der Waals surface area (Å²) in [4.78, 5) is 57.9. The standard InChI is InChI=1S/C28H47N5O13P2/c1-6-10-19(11-7-2)14-42-28(38)17(4)32-47(39,43-13-9-12-20(34)8-3)46-48(40,41)44-15-21-23(35)24(36)27(45-21)33-16-29-22-25(33)30-18(5)31-26(22)37/h16-17,19,21,23-24,27,35-36H,6-15H2,1-5H3,(H,32,39)(H,40,41)(H,30,31,37)/t17-,21+,23+,24+,27+,47?/m0/s1. The van der Waals surface area contributed by atoms with Crippen molar-refractivity contribution in [2.45, 2.75) is 110 Å². The van der Waals surface area contributed by atoms with Gasteiger partial charge in [0.1, 0.15) is 36.0 Å². The SMILES string of the molecule is CCCC(CCC)COC(=O)[C@H](C)NP(=O)(OCCCC(=O)CC)OP(=O)(O)OC[C@H]1O[C@@H](n2cnc3c(=O)[nH]c(C)nc32)[C@H](O)[C@@H]1O. The van der Waals surface area contributed by atoms with Crippen molar-refractivity contribution in [3.05, 3.63) is 22.5 Å². The number of esters is 1. The molecule has 1 aliphatic heterocycles. The van der Waals surface area contributed by atoms with Gasteiger partial charge in [0.05, 0.1) is 26.1 Å². The number of aliphatic hydroxyl groups is 2. The molecule has 0 aliphatic carbocycles. The van der Waals surface area contributed by atoms with Crippen LogP contribution in [0.15, 0.2) is 11.1 Å². The number of hydrogen-bond donors (Lipinski definition) is 5. The molecule has 2 aromatic rings. The van der Waals surface area contributed by atoms with Gasteiger partial charge in [0.15, 0.2) is 17.4 Å². The number of ketones is 1. The number of nitrogens with zero attached hydrogens (tertiary/aromatic N) is 3. The van der Waals surface area contributed by atoms with Crippen molar-refractivity contribution in [2.75, 3.05) is 19.8 Å². The number of aromatic amines is 1. The summed E-state index contributed by atoms with van der Waals surface area (Å²) in [5.74, 6) is -0.478. The molecule has 0 radical (unpaired) electrons. The summed E-state index contributed by atoms with van der Waals surface area (Å²) in [6.45, 7) is 7.54. The van der Waals surface area contributed by atoms with E-state index in [0.29, 0.717) is 0 Å². The van der Waals surface area contributed by atoms with Gasteiger partial charge in [0.2, 0.25) is 0 Å². The monoisotopic (exact) mass is 723 g/mol. The summed E-state index contributed by atoms with van der Waals surface area (Å²) >= 11 is 0. The van der Waals surface area contributed by atoms with Crippen molar-refractivity contribution in [3.8, 4) is 0 Å². The van der Waals surface area contributed by atoms with Gasteiger partial charge in [-0.05, 0) is 39.0 Å². The summed E-state index contributed by atoms with van der Waals surface area (Å²) in [6, 6.07) is -1.30. The normalized spacial score (nSPS) is 22.9. The number of Topliss-reactive ketones (excluding diaryl/α,β-unsaturated/α-hetero) is 1. The molecule has 0 spiro atoms. The Kier molecular flexibility index (Phi) is 15.1. The first-order chi connectivity index (χ1) is 22.6. The molecule has 0 bridgehead atoms. The molecule has 18 nitrogen and oxygen atoms in total. The topological polar surface area (TPSA) is 251 Å². The van der Waals surface area contributed by atoms with Gasteiger partial charge in [0.25, 0.3) is 5.56 Å². The minimum absolute atomic E-state index is 0.0407. The third-order valence-electron chi connectivity index (χ3n) is 7.59. The highest BCUT2D eigenvalue weighted by Gasteiger charge is 2.46. The number of phosphoric acid groups is 1. The highest BCUT2D eigenvalue weighted by Crippen LogP contribution is 2.61. The average Bonchev–Trinajstić information content (AvgIpc) is 3.56. The average molecular weight is 724 g/mol. The largest absolute Gasteiger partial charge is 0.480 e. The van der Waals surface area contributed by atoms with E-state index in [-0.39, 0.29) is 61.2 Å². The number of aromatic nitrogens is 4. The third kappa shape index (κ3) is 11.1. The Morgan fingerprint density at radius 1 is 1.15 bits per heavy atom. The second-order valence-electron chi connectivity index (χ2n) is 11.6. The van der Waals surface area contributed by atoms with Crippen molar-refractivity contribution < 1.29 is 56.7 Å². The number of nitrogens with one attached hydrogen (secondary N) is 2. The van der Waals surface area contributed by atoms with Crippen molar-refractivity contribution in [2.24, 2.45) is 5.92 Å². The summed E-state index contributed by atoms with van der Waals surface area (Å²) in [5, 5.41) is 23.6. The number of carbonyl (C=O) groups is 2. The smallest absolute Gasteiger partial charge is 0.464 e. The Morgan fingerprint density at radius 2 is 1.83 bits per heavy atom. The molecule has 5 N–H and O–H groups in total. The lowest BCUT2D eigenvalue weighted by Crippen LogP contribution is -2.35. The minimum Gasteiger partial charge on any atom is -0.464 e. The van der Waals surface area contributed by atoms with E-state index in [1.807, 2.05) is 13.8 Å². The number of carbonyl (C=O) groups excluding carboxylic acids is 2. The summed E-state index contributed by atoms with van der Waals surface area (Å²) in [6.07, 6.45) is -0.794. The number of aliphatic hydroxyl groups excluding tert-OH is 2. The lowest BCUT2D eigenvalue weighted by atomic mass is 9.99. The van der Waals surface area contributed by atoms with E-state index in [9.17, 15) is 38.6 Å². The maximum Gasteiger partial charge on any atom is 0.480 e. The fourth-order valence-electron chi connectivity index (χ4n) is 5.10. The van der Waals surface area contributed by atoms with E-state index in [1.54, 1.807) is 6.92 Å². The van der Waals surface area contributed by atoms with Crippen molar-refractivity contribution in [1.82, 2.24) is 24.6 Å². The van der Waals surface area contributed by atoms with Gasteiger partial charge in [-0.1, -0.05) is 33.6 Å². The second kappa shape index (κ2) is 18.0. The number of hydrogen-bond acceptors (Lipinski definition) is 14. The van der Waals surface area contributed by atoms with Crippen molar-refractivity contribution in [3.63, 3.8) is 0 Å². The zero-order valence-electron chi connectivity index (χ0n) is 27.8. The lowest BCUT2D eigenvalue weighted by molar-refractivity contribution is -0.146. The summed E-state index contributed by atoms with van der Waals surface area (Å²) in [5.41, 5.74) is -0.505. The Balaban J connectivity index is 1.68. The van der Waals surface area contributed by atoms with Crippen LogP contribution in [0.25, 0.3) is 11.2 Å². The number of rotatable bonds is 21. The maximum absolute atomic E-state index is 13.7. The number of imidazole rings is 1. The van der Waals surface area contributed by atoms with E-state index in [0.717, 1.165) is 25.7 Å². The van der Waals surface area contributed by atoms with Gasteiger partial charge in [-0.3, -0.25) is 28.0 Å². The first-order valence-corrected chi connectivity index (χ1v) is 19.0. The van der Waals surface area contributed by atoms with Gasteiger partial charge in [-0.25, -0.2) is 24.2 Å². The van der Waals surface area contributed by atoms with E-state index < -0.39 is 64.3 Å². The molecule has 2 unspecified atom stereocenters. The van der Waals surface area contributed by atoms with Crippen molar-refractivity contribution >= 4 is 38.5 Å². The highest BCUT2D eigenvalue weighted by molar-refractivity contribution is 7.63. The molecule has 3 rings (SSSR count). The Morgan fingerprint density at radius 3 is 2.48 bits per heavy atom. The maximum atomic E-state index is 13.7. The highest BCUT2D eigenvalue weighted by atomic mass is 31.3. The number of aryl methyl sites for hydroxylation is 1. The minimum atomic E-state index is -5.27. The molecule has 0 aromatic carbocycles. The van der Waals surface area contributed by atoms with Crippen molar-refractivity contribution in [1.29, 1.82) is 0 Å². The number of phosphoric ester groups is 1. The van der Waals surface area contributed by atoms with Crippen LogP contribution in [0.1, 0.15) is 84.7 Å². The van der Waals surface area contributed by atoms with Crippen LogP contribution in [-0.2, 0) is 41.6 Å². The Hall–Kier alpha value is -2.37. The van der Waals surface area contributed by atoms with E-state index >= 15 is 0 Å². The van der Waals surface area contributed by atoms with Gasteiger partial charge in [-0.2, -0.15) is 4.31 Å². The quantitative estimate of drug-likeness (QED) is 0.0705. The molecule has 48 heavy (non-hydrogen) atoms. The van der Waals surface area contributed by atoms with Crippen LogP contribution in [0, 0.1) is 12.8 Å². The van der Waals surface area contributed by atoms with Gasteiger partial charge in [-0.15, -0.1) is 0 Å². The fourth-order valence-corrected chi connectivity index (χ4v) is 8.11. The Bertz CT molecular complexity index is 1530. The van der Waals surface area contributed by atoms with Crippen LogP contribution in [0.3, 0.4) is 0 Å². The van der Waals surface area contributed by atoms with Crippen LogP contribution >= 0.6 is 15.6 Å². The zero-order chi connectivity index (χ0) is 35.6. The fraction of sp³-hybridized carbons (Fsp3) is 0.750. The number of ether oxygens (including phenoxy) is 2. The first-order valence-electron chi connectivity index (χ1n) is 16.0. The third-order valence-corrected chi connectivity index (χ3v) is 11.0. The molecule has 3 heterocycles. The van der Waals surface area contributed by atoms with Crippen LogP contribution < -0.4 is 10.6 Å². The molecule has 0 saturated carbocycles. The van der Waals surface area contributed by atoms with Gasteiger partial charge >= 0.3 is 21.5 Å². The molecule has 272 valence electrons. The molecule has 0 amide bonds. The predicted molar refractivity (Wildman–Crippen MR) is 171 cm³/mol. The first kappa shape index (κ1) is 40.1. The van der Waals surface area contributed by atoms with E-state index in [2.05, 4.69) is 20.0 Å². The van der Waals surface area contributed by atoms with E-state index in [1.165, 1.54) is 24.7 Å². The zero-order valence-corrected chi connectivity index (χ0v) is 29.6. The molecule has 2 aromatic heterocycles.